The molecule has 0 radical (unpaired) electrons. The van der Waals surface area contributed by atoms with E-state index < -0.39 is 11.7 Å². The molecule has 7 heteroatoms. The van der Waals surface area contributed by atoms with Gasteiger partial charge in [0.15, 0.2) is 11.5 Å². The third kappa shape index (κ3) is 4.95. The number of carbonyl (C=O) groups is 2. The van der Waals surface area contributed by atoms with Crippen molar-refractivity contribution in [3.63, 3.8) is 0 Å². The molecule has 1 aliphatic rings. The van der Waals surface area contributed by atoms with Gasteiger partial charge in [-0.25, -0.2) is 9.78 Å². The maximum Gasteiger partial charge on any atom is 0.407 e. The Morgan fingerprint density at radius 2 is 2.08 bits per heavy atom. The van der Waals surface area contributed by atoms with Crippen molar-refractivity contribution in [3.8, 4) is 0 Å². The van der Waals surface area contributed by atoms with E-state index in [0.717, 1.165) is 29.8 Å². The van der Waals surface area contributed by atoms with E-state index in [0.29, 0.717) is 11.6 Å². The second kappa shape index (κ2) is 6.74. The van der Waals surface area contributed by atoms with Crippen LogP contribution in [0.1, 0.15) is 51.8 Å². The summed E-state index contributed by atoms with van der Waals surface area (Å²) < 4.78 is 10.8. The van der Waals surface area contributed by atoms with Crippen LogP contribution in [0.2, 0.25) is 0 Å². The molecule has 2 aromatic rings. The fourth-order valence-corrected chi connectivity index (χ4v) is 2.34. The highest BCUT2D eigenvalue weighted by Crippen LogP contribution is 2.40. The SMILES string of the molecule is CC(C)(C)OC(=O)NCCC(=O)Nc1ccc2oc(C3CC3)nc2c1. The molecule has 0 spiro atoms. The van der Waals surface area contributed by atoms with E-state index >= 15 is 0 Å². The predicted molar refractivity (Wildman–Crippen MR) is 93.5 cm³/mol. The summed E-state index contributed by atoms with van der Waals surface area (Å²) in [5.41, 5.74) is 1.57. The summed E-state index contributed by atoms with van der Waals surface area (Å²) in [5.74, 6) is 1.03. The number of benzene rings is 1. The van der Waals surface area contributed by atoms with Crippen molar-refractivity contribution < 1.29 is 18.7 Å². The van der Waals surface area contributed by atoms with Crippen LogP contribution in [0.25, 0.3) is 11.1 Å². The number of alkyl carbamates (subject to hydrolysis) is 1. The molecule has 25 heavy (non-hydrogen) atoms. The van der Waals surface area contributed by atoms with Gasteiger partial charge in [0.2, 0.25) is 5.91 Å². The Balaban J connectivity index is 1.49. The van der Waals surface area contributed by atoms with Crippen LogP contribution < -0.4 is 10.6 Å². The first-order chi connectivity index (χ1) is 11.8. The van der Waals surface area contributed by atoms with Crippen molar-refractivity contribution in [1.29, 1.82) is 0 Å². The number of ether oxygens (including phenoxy) is 1. The highest BCUT2D eigenvalue weighted by atomic mass is 16.6. The molecule has 1 saturated carbocycles. The van der Waals surface area contributed by atoms with Gasteiger partial charge in [-0.2, -0.15) is 0 Å². The first kappa shape index (κ1) is 17.3. The normalized spacial score (nSPS) is 14.4. The van der Waals surface area contributed by atoms with E-state index in [1.54, 1.807) is 32.9 Å². The Morgan fingerprint density at radius 1 is 1.32 bits per heavy atom. The topological polar surface area (TPSA) is 93.5 Å². The zero-order chi connectivity index (χ0) is 18.0. The number of amides is 2. The van der Waals surface area contributed by atoms with Gasteiger partial charge in [-0.15, -0.1) is 0 Å². The first-order valence-electron chi connectivity index (χ1n) is 8.47. The zero-order valence-electron chi connectivity index (χ0n) is 14.7. The summed E-state index contributed by atoms with van der Waals surface area (Å²) in [7, 11) is 0. The Hall–Kier alpha value is -2.57. The zero-order valence-corrected chi connectivity index (χ0v) is 14.7. The number of oxazole rings is 1. The van der Waals surface area contributed by atoms with E-state index in [2.05, 4.69) is 15.6 Å². The molecule has 0 aliphatic heterocycles. The predicted octanol–water partition coefficient (Wildman–Crippen LogP) is 3.56. The Labute approximate surface area is 146 Å². The number of hydrogen-bond donors (Lipinski definition) is 2. The second-order valence-electron chi connectivity index (χ2n) is 7.24. The van der Waals surface area contributed by atoms with Gasteiger partial charge in [-0.05, 0) is 51.8 Å². The summed E-state index contributed by atoms with van der Waals surface area (Å²) in [4.78, 5) is 28.0. The van der Waals surface area contributed by atoms with Crippen LogP contribution >= 0.6 is 0 Å². The molecule has 1 fully saturated rings. The minimum absolute atomic E-state index is 0.156. The lowest BCUT2D eigenvalue weighted by Crippen LogP contribution is -2.34. The Kier molecular flexibility index (Phi) is 4.65. The highest BCUT2D eigenvalue weighted by Gasteiger charge is 2.28. The molecule has 1 heterocycles. The lowest BCUT2D eigenvalue weighted by molar-refractivity contribution is -0.116. The molecule has 2 amide bonds. The van der Waals surface area contributed by atoms with Gasteiger partial charge in [0, 0.05) is 24.6 Å². The number of nitrogens with one attached hydrogen (secondary N) is 2. The van der Waals surface area contributed by atoms with E-state index in [1.165, 1.54) is 0 Å². The molecular weight excluding hydrogens is 322 g/mol. The summed E-state index contributed by atoms with van der Waals surface area (Å²) in [6, 6.07) is 5.38. The van der Waals surface area contributed by atoms with Crippen LogP contribution in [0.5, 0.6) is 0 Å². The van der Waals surface area contributed by atoms with Crippen molar-refractivity contribution in [2.24, 2.45) is 0 Å². The lowest BCUT2D eigenvalue weighted by Gasteiger charge is -2.19. The largest absolute Gasteiger partial charge is 0.444 e. The van der Waals surface area contributed by atoms with Gasteiger partial charge in [0.25, 0.3) is 0 Å². The van der Waals surface area contributed by atoms with Crippen LogP contribution in [-0.4, -0.2) is 29.1 Å². The summed E-state index contributed by atoms with van der Waals surface area (Å²) in [6.45, 7) is 5.56. The van der Waals surface area contributed by atoms with Gasteiger partial charge in [0.1, 0.15) is 11.1 Å². The van der Waals surface area contributed by atoms with Gasteiger partial charge in [-0.3, -0.25) is 4.79 Å². The van der Waals surface area contributed by atoms with Gasteiger partial charge >= 0.3 is 6.09 Å². The van der Waals surface area contributed by atoms with E-state index in [-0.39, 0.29) is 18.9 Å². The highest BCUT2D eigenvalue weighted by molar-refractivity contribution is 5.93. The molecule has 0 atom stereocenters. The molecule has 1 aromatic carbocycles. The molecule has 2 N–H and O–H groups in total. The molecule has 0 bridgehead atoms. The summed E-state index contributed by atoms with van der Waals surface area (Å²) in [6.07, 6.45) is 1.88. The standard InChI is InChI=1S/C18H23N3O4/c1-18(2,3)25-17(23)19-9-8-15(22)20-12-6-7-14-13(10-12)21-16(24-14)11-4-5-11/h6-7,10-11H,4-5,8-9H2,1-3H3,(H,19,23)(H,20,22). The Bertz CT molecular complexity index is 787. The van der Waals surface area contributed by atoms with Crippen LogP contribution in [0, 0.1) is 0 Å². The van der Waals surface area contributed by atoms with Gasteiger partial charge < -0.3 is 19.8 Å². The number of hydrogen-bond acceptors (Lipinski definition) is 5. The van der Waals surface area contributed by atoms with Crippen LogP contribution in [0.3, 0.4) is 0 Å². The second-order valence-corrected chi connectivity index (χ2v) is 7.24. The van der Waals surface area contributed by atoms with Crippen LogP contribution in [0.4, 0.5) is 10.5 Å². The number of nitrogens with zero attached hydrogens (tertiary/aromatic N) is 1. The smallest absolute Gasteiger partial charge is 0.407 e. The van der Waals surface area contributed by atoms with E-state index in [1.807, 2.05) is 6.07 Å². The van der Waals surface area contributed by atoms with Crippen molar-refractivity contribution in [2.45, 2.75) is 51.6 Å². The molecule has 134 valence electrons. The fourth-order valence-electron chi connectivity index (χ4n) is 2.34. The maximum atomic E-state index is 12.0. The molecular formula is C18H23N3O4. The third-order valence-electron chi connectivity index (χ3n) is 3.63. The quantitative estimate of drug-likeness (QED) is 0.864. The van der Waals surface area contributed by atoms with Crippen molar-refractivity contribution in [1.82, 2.24) is 10.3 Å². The molecule has 1 aliphatic carbocycles. The average Bonchev–Trinajstić information content (AvgIpc) is 3.25. The molecule has 0 unspecified atom stereocenters. The third-order valence-corrected chi connectivity index (χ3v) is 3.63. The fraction of sp³-hybridized carbons (Fsp3) is 0.500. The number of carbonyl (C=O) groups excluding carboxylic acids is 2. The van der Waals surface area contributed by atoms with Crippen molar-refractivity contribution in [2.75, 3.05) is 11.9 Å². The van der Waals surface area contributed by atoms with Gasteiger partial charge in [-0.1, -0.05) is 0 Å². The van der Waals surface area contributed by atoms with Crippen molar-refractivity contribution in [3.05, 3.63) is 24.1 Å². The van der Waals surface area contributed by atoms with Crippen LogP contribution in [-0.2, 0) is 9.53 Å². The summed E-state index contributed by atoms with van der Waals surface area (Å²) >= 11 is 0. The monoisotopic (exact) mass is 345 g/mol. The minimum atomic E-state index is -0.557. The number of anilines is 1. The molecule has 1 aromatic heterocycles. The van der Waals surface area contributed by atoms with E-state index in [4.69, 9.17) is 9.15 Å². The Morgan fingerprint density at radius 3 is 2.76 bits per heavy atom. The lowest BCUT2D eigenvalue weighted by atomic mass is 10.2. The van der Waals surface area contributed by atoms with Crippen molar-refractivity contribution >= 4 is 28.8 Å². The van der Waals surface area contributed by atoms with Crippen LogP contribution in [0.15, 0.2) is 22.6 Å². The molecule has 7 nitrogen and oxygen atoms in total. The molecule has 0 saturated heterocycles. The average molecular weight is 345 g/mol. The summed E-state index contributed by atoms with van der Waals surface area (Å²) in [5, 5.41) is 5.36. The maximum absolute atomic E-state index is 12.0. The van der Waals surface area contributed by atoms with E-state index in [9.17, 15) is 9.59 Å². The number of aromatic nitrogens is 1. The number of rotatable bonds is 5. The number of fused-ring (bicyclic) bond motifs is 1. The minimum Gasteiger partial charge on any atom is -0.444 e. The first-order valence-corrected chi connectivity index (χ1v) is 8.47. The molecule has 3 rings (SSSR count). The van der Waals surface area contributed by atoms with Gasteiger partial charge in [0.05, 0.1) is 0 Å².